The van der Waals surface area contributed by atoms with E-state index in [1.807, 2.05) is 28.8 Å². The molecule has 2 aliphatic heterocycles. The predicted octanol–water partition coefficient (Wildman–Crippen LogP) is 3.83. The summed E-state index contributed by atoms with van der Waals surface area (Å²) >= 11 is 8.01. The molecule has 1 atom stereocenters. The molecule has 0 spiro atoms. The summed E-state index contributed by atoms with van der Waals surface area (Å²) in [6.07, 6.45) is 4.69. The molecule has 1 aromatic rings. The Bertz CT molecular complexity index is 839. The molecule has 0 aliphatic carbocycles. The molecular weight excluding hydrogens is 396 g/mol. The Morgan fingerprint density at radius 3 is 2.61 bits per heavy atom. The molecule has 2 aliphatic rings. The van der Waals surface area contributed by atoms with Gasteiger partial charge in [0, 0.05) is 30.4 Å². The second-order valence-electron chi connectivity index (χ2n) is 7.02. The van der Waals surface area contributed by atoms with E-state index in [0.29, 0.717) is 17.4 Å². The number of hydrogen-bond acceptors (Lipinski definition) is 4. The van der Waals surface area contributed by atoms with Crippen LogP contribution >= 0.6 is 23.4 Å². The number of aliphatic imine (C=N–C) groups is 1. The minimum atomic E-state index is -0.595. The molecule has 0 radical (unpaired) electrons. The Balaban J connectivity index is 1.89. The molecule has 150 valence electrons. The van der Waals surface area contributed by atoms with E-state index >= 15 is 0 Å². The largest absolute Gasteiger partial charge is 0.358 e. The zero-order valence-corrected chi connectivity index (χ0v) is 18.1. The van der Waals surface area contributed by atoms with Gasteiger partial charge in [-0.3, -0.25) is 14.6 Å². The van der Waals surface area contributed by atoms with Crippen LogP contribution in [-0.4, -0.2) is 63.2 Å². The van der Waals surface area contributed by atoms with Crippen molar-refractivity contribution in [1.29, 1.82) is 0 Å². The van der Waals surface area contributed by atoms with Crippen LogP contribution in [0.1, 0.15) is 38.2 Å². The molecular formula is C20H26ClN4O2S+. The minimum Gasteiger partial charge on any atom is -0.269 e. The molecule has 1 unspecified atom stereocenters. The number of thioether (sulfide) groups is 1. The summed E-state index contributed by atoms with van der Waals surface area (Å²) in [5.41, 5.74) is 0.930. The summed E-state index contributed by atoms with van der Waals surface area (Å²) in [7, 11) is 3.18. The van der Waals surface area contributed by atoms with Crippen LogP contribution in [0.15, 0.2) is 29.3 Å². The Morgan fingerprint density at radius 2 is 1.89 bits per heavy atom. The van der Waals surface area contributed by atoms with Gasteiger partial charge in [-0.05, 0) is 29.2 Å². The van der Waals surface area contributed by atoms with Crippen LogP contribution in [0.25, 0.3) is 0 Å². The number of rotatable bonds is 7. The van der Waals surface area contributed by atoms with Gasteiger partial charge in [-0.1, -0.05) is 56.0 Å². The Labute approximate surface area is 175 Å². The van der Waals surface area contributed by atoms with E-state index in [2.05, 4.69) is 11.9 Å². The molecule has 1 aromatic carbocycles. The van der Waals surface area contributed by atoms with Crippen molar-refractivity contribution in [2.75, 3.05) is 19.8 Å². The topological polar surface area (TPSA) is 56.0 Å². The average Bonchev–Trinajstić information content (AvgIpc) is 3.05. The number of halogens is 1. The van der Waals surface area contributed by atoms with E-state index in [1.165, 1.54) is 31.2 Å². The lowest BCUT2D eigenvalue weighted by Gasteiger charge is -2.30. The standard InChI is InChI=1S/C20H26ClN4O2S/c1-4-5-6-9-12-28-19-22-17-16(18(26)24(3)20(27)23(17)2)25(19)13-14-10-7-8-11-15(14)21/h7-8,10-11,16H,4-6,9,12-13H2,1-3H3/q+1. The van der Waals surface area contributed by atoms with Crippen molar-refractivity contribution in [1.82, 2.24) is 9.80 Å². The van der Waals surface area contributed by atoms with Crippen LogP contribution in [0.4, 0.5) is 4.79 Å². The van der Waals surface area contributed by atoms with E-state index < -0.39 is 6.04 Å². The highest BCUT2D eigenvalue weighted by Gasteiger charge is 2.53. The first-order chi connectivity index (χ1) is 13.5. The highest BCUT2D eigenvalue weighted by molar-refractivity contribution is 8.13. The van der Waals surface area contributed by atoms with E-state index in [4.69, 9.17) is 11.6 Å². The van der Waals surface area contributed by atoms with Gasteiger partial charge in [0.05, 0.1) is 0 Å². The normalized spacial score (nSPS) is 19.4. The van der Waals surface area contributed by atoms with E-state index in [1.54, 1.807) is 18.8 Å². The van der Waals surface area contributed by atoms with Gasteiger partial charge in [0.1, 0.15) is 6.54 Å². The van der Waals surface area contributed by atoms with Crippen molar-refractivity contribution in [3.63, 3.8) is 0 Å². The van der Waals surface area contributed by atoms with Crippen molar-refractivity contribution < 1.29 is 14.2 Å². The fraction of sp³-hybridized carbons (Fsp3) is 0.500. The van der Waals surface area contributed by atoms with Crippen LogP contribution in [0.5, 0.6) is 0 Å². The SMILES string of the molecule is CCCCCCSC1=[N+](Cc2ccccc2Cl)C2C(=O)N(C)C(=O)N(C)C2=N1. The lowest BCUT2D eigenvalue weighted by Crippen LogP contribution is -2.61. The molecule has 0 aromatic heterocycles. The fourth-order valence-electron chi connectivity index (χ4n) is 3.35. The van der Waals surface area contributed by atoms with Crippen LogP contribution < -0.4 is 0 Å². The molecule has 0 saturated carbocycles. The van der Waals surface area contributed by atoms with Gasteiger partial charge < -0.3 is 0 Å². The Hall–Kier alpha value is -1.86. The first-order valence-corrected chi connectivity index (χ1v) is 11.0. The molecule has 0 N–H and O–H groups in total. The monoisotopic (exact) mass is 421 g/mol. The third-order valence-electron chi connectivity index (χ3n) is 5.02. The zero-order valence-electron chi connectivity index (χ0n) is 16.5. The molecule has 28 heavy (non-hydrogen) atoms. The maximum Gasteiger partial charge on any atom is 0.358 e. The van der Waals surface area contributed by atoms with Crippen LogP contribution in [0, 0.1) is 0 Å². The third-order valence-corrected chi connectivity index (χ3v) is 6.47. The van der Waals surface area contributed by atoms with Gasteiger partial charge in [0.2, 0.25) is 0 Å². The van der Waals surface area contributed by atoms with Gasteiger partial charge in [-0.2, -0.15) is 0 Å². The molecule has 8 heteroatoms. The zero-order chi connectivity index (χ0) is 20.3. The quantitative estimate of drug-likeness (QED) is 0.496. The summed E-state index contributed by atoms with van der Waals surface area (Å²) < 4.78 is 1.98. The molecule has 0 bridgehead atoms. The number of fused-ring (bicyclic) bond motifs is 1. The van der Waals surface area contributed by atoms with Gasteiger partial charge in [0.15, 0.2) is 0 Å². The maximum atomic E-state index is 12.9. The molecule has 3 amide bonds. The second kappa shape index (κ2) is 9.09. The predicted molar refractivity (Wildman–Crippen MR) is 114 cm³/mol. The number of amides is 3. The number of unbranched alkanes of at least 4 members (excludes halogenated alkanes) is 3. The van der Waals surface area contributed by atoms with Crippen molar-refractivity contribution >= 4 is 46.3 Å². The highest BCUT2D eigenvalue weighted by atomic mass is 35.5. The number of amidine groups is 2. The second-order valence-corrected chi connectivity index (χ2v) is 8.49. The smallest absolute Gasteiger partial charge is 0.269 e. The van der Waals surface area contributed by atoms with Crippen LogP contribution in [0.2, 0.25) is 5.02 Å². The van der Waals surface area contributed by atoms with Crippen LogP contribution in [-0.2, 0) is 11.3 Å². The molecule has 6 nitrogen and oxygen atoms in total. The lowest BCUT2D eigenvalue weighted by molar-refractivity contribution is -0.548. The highest BCUT2D eigenvalue weighted by Crippen LogP contribution is 2.26. The number of imide groups is 1. The van der Waals surface area contributed by atoms with Gasteiger partial charge in [0.25, 0.3) is 17.8 Å². The number of carbonyl (C=O) groups excluding carboxylic acids is 2. The first kappa shape index (κ1) is 20.9. The van der Waals surface area contributed by atoms with Gasteiger partial charge >= 0.3 is 11.2 Å². The summed E-state index contributed by atoms with van der Waals surface area (Å²) in [6, 6.07) is 6.67. The summed E-state index contributed by atoms with van der Waals surface area (Å²) in [6.45, 7) is 2.66. The first-order valence-electron chi connectivity index (χ1n) is 9.59. The Morgan fingerprint density at radius 1 is 1.14 bits per heavy atom. The Kier molecular flexibility index (Phi) is 6.78. The minimum absolute atomic E-state index is 0.254. The summed E-state index contributed by atoms with van der Waals surface area (Å²) in [5, 5.41) is 1.43. The fourth-order valence-corrected chi connectivity index (χ4v) is 4.57. The number of carbonyl (C=O) groups is 2. The number of hydrogen-bond donors (Lipinski definition) is 0. The van der Waals surface area contributed by atoms with Gasteiger partial charge in [-0.25, -0.2) is 9.37 Å². The molecule has 2 heterocycles. The number of likely N-dealkylation sites (N-methyl/N-ethyl adjacent to an activating group) is 2. The number of urea groups is 1. The van der Waals surface area contributed by atoms with Crippen molar-refractivity contribution in [3.8, 4) is 0 Å². The maximum absolute atomic E-state index is 12.9. The van der Waals surface area contributed by atoms with E-state index in [9.17, 15) is 9.59 Å². The summed E-state index contributed by atoms with van der Waals surface area (Å²) in [4.78, 5) is 32.6. The van der Waals surface area contributed by atoms with E-state index in [-0.39, 0.29) is 11.9 Å². The summed E-state index contributed by atoms with van der Waals surface area (Å²) in [5.74, 6) is 1.17. The van der Waals surface area contributed by atoms with Crippen molar-refractivity contribution in [3.05, 3.63) is 34.9 Å². The van der Waals surface area contributed by atoms with E-state index in [0.717, 1.165) is 27.8 Å². The molecule has 3 rings (SSSR count). The number of benzene rings is 1. The molecule has 1 saturated heterocycles. The van der Waals surface area contributed by atoms with Crippen LogP contribution in [0.3, 0.4) is 0 Å². The average molecular weight is 422 g/mol. The van der Waals surface area contributed by atoms with Crippen molar-refractivity contribution in [2.45, 2.75) is 45.2 Å². The molecule has 1 fully saturated rings. The van der Waals surface area contributed by atoms with Gasteiger partial charge in [-0.15, -0.1) is 0 Å². The van der Waals surface area contributed by atoms with Crippen molar-refractivity contribution in [2.24, 2.45) is 4.99 Å². The third kappa shape index (κ3) is 4.10. The lowest BCUT2D eigenvalue weighted by atomic mass is 10.1. The number of nitrogens with zero attached hydrogens (tertiary/aromatic N) is 4.